The lowest BCUT2D eigenvalue weighted by atomic mass is 10.2. The van der Waals surface area contributed by atoms with Crippen molar-refractivity contribution in [3.05, 3.63) is 64.4 Å². The molecule has 0 aliphatic rings. The van der Waals surface area contributed by atoms with E-state index in [-0.39, 0.29) is 11.5 Å². The van der Waals surface area contributed by atoms with E-state index in [1.54, 1.807) is 36.8 Å². The Kier molecular flexibility index (Phi) is 4.84. The summed E-state index contributed by atoms with van der Waals surface area (Å²) in [5, 5.41) is 7.32. The number of carbonyl (C=O) groups is 1. The van der Waals surface area contributed by atoms with Crippen LogP contribution < -0.4 is 15.6 Å². The van der Waals surface area contributed by atoms with Gasteiger partial charge in [0.05, 0.1) is 18.9 Å². The number of methoxy groups -OCH3 is 1. The number of nitrogens with zero attached hydrogens (tertiary/aromatic N) is 3. The summed E-state index contributed by atoms with van der Waals surface area (Å²) in [5.41, 5.74) is 2.45. The minimum atomic E-state index is -0.703. The van der Waals surface area contributed by atoms with Gasteiger partial charge in [-0.05, 0) is 31.0 Å². The Morgan fingerprint density at radius 3 is 2.69 bits per heavy atom. The Hall–Kier alpha value is -3.55. The highest BCUT2D eigenvalue weighted by molar-refractivity contribution is 5.83. The second-order valence-corrected chi connectivity index (χ2v) is 6.82. The summed E-state index contributed by atoms with van der Waals surface area (Å²) in [6.45, 7) is 4.01. The van der Waals surface area contributed by atoms with Gasteiger partial charge < -0.3 is 14.5 Å². The average molecular weight is 394 g/mol. The highest BCUT2D eigenvalue weighted by Gasteiger charge is 2.23. The minimum absolute atomic E-state index is 0.253. The molecule has 29 heavy (non-hydrogen) atoms. The maximum atomic E-state index is 13.0. The highest BCUT2D eigenvalue weighted by atomic mass is 16.5. The third-order valence-corrected chi connectivity index (χ3v) is 5.04. The van der Waals surface area contributed by atoms with Crippen LogP contribution in [0.2, 0.25) is 0 Å². The largest absolute Gasteiger partial charge is 0.497 e. The van der Waals surface area contributed by atoms with Crippen LogP contribution in [0, 0.1) is 6.92 Å². The van der Waals surface area contributed by atoms with Crippen molar-refractivity contribution < 1.29 is 13.9 Å². The van der Waals surface area contributed by atoms with E-state index in [9.17, 15) is 9.59 Å². The zero-order valence-electron chi connectivity index (χ0n) is 16.5. The fourth-order valence-electron chi connectivity index (χ4n) is 3.53. The second-order valence-electron chi connectivity index (χ2n) is 6.82. The lowest BCUT2D eigenvalue weighted by Crippen LogP contribution is -2.39. The molecule has 3 heterocycles. The van der Waals surface area contributed by atoms with Crippen LogP contribution in [-0.2, 0) is 11.3 Å². The Morgan fingerprint density at radius 2 is 2.00 bits per heavy atom. The summed E-state index contributed by atoms with van der Waals surface area (Å²) >= 11 is 0. The van der Waals surface area contributed by atoms with E-state index in [0.29, 0.717) is 29.9 Å². The predicted octanol–water partition coefficient (Wildman–Crippen LogP) is 2.83. The molecule has 8 heteroatoms. The number of furan rings is 1. The molecule has 0 saturated heterocycles. The molecule has 1 aromatic carbocycles. The molecule has 0 saturated carbocycles. The van der Waals surface area contributed by atoms with Gasteiger partial charge in [-0.15, -0.1) is 0 Å². The lowest BCUT2D eigenvalue weighted by molar-refractivity contribution is -0.125. The molecule has 4 aromatic rings. The van der Waals surface area contributed by atoms with Crippen molar-refractivity contribution in [1.82, 2.24) is 19.5 Å². The second kappa shape index (κ2) is 7.46. The number of rotatable bonds is 6. The number of hydrogen-bond acceptors (Lipinski definition) is 5. The van der Waals surface area contributed by atoms with Crippen molar-refractivity contribution in [3.63, 3.8) is 0 Å². The summed E-state index contributed by atoms with van der Waals surface area (Å²) < 4.78 is 13.6. The van der Waals surface area contributed by atoms with E-state index >= 15 is 0 Å². The summed E-state index contributed by atoms with van der Waals surface area (Å²) in [5.74, 6) is 1.11. The molecule has 0 bridgehead atoms. The van der Waals surface area contributed by atoms with Crippen LogP contribution in [0.5, 0.6) is 5.75 Å². The summed E-state index contributed by atoms with van der Waals surface area (Å²) in [6.07, 6.45) is 2.01. The van der Waals surface area contributed by atoms with Crippen LogP contribution in [0.3, 0.4) is 0 Å². The fourth-order valence-corrected chi connectivity index (χ4v) is 3.53. The first kappa shape index (κ1) is 18.8. The standard InChI is InChI=1S/C21H22N4O4/c1-4-16(20(26)22-12-14-5-7-15(28-3)8-6-14)25-21(27)18-11-19-17(9-10-29-19)24(18)13(2)23-25/h5-11,16H,4,12H2,1-3H3,(H,22,26)/t16-/m1/s1. The van der Waals surface area contributed by atoms with E-state index in [1.165, 1.54) is 4.68 Å². The lowest BCUT2D eigenvalue weighted by Gasteiger charge is -2.18. The monoisotopic (exact) mass is 394 g/mol. The molecule has 3 aromatic heterocycles. The number of carbonyl (C=O) groups excluding carboxylic acids is 1. The van der Waals surface area contributed by atoms with Crippen molar-refractivity contribution in [2.24, 2.45) is 0 Å². The van der Waals surface area contributed by atoms with Gasteiger partial charge in [-0.25, -0.2) is 4.68 Å². The summed E-state index contributed by atoms with van der Waals surface area (Å²) in [7, 11) is 1.61. The van der Waals surface area contributed by atoms with Crippen molar-refractivity contribution in [3.8, 4) is 5.75 Å². The number of nitrogens with one attached hydrogen (secondary N) is 1. The summed E-state index contributed by atoms with van der Waals surface area (Å²) in [6, 6.07) is 10.2. The summed E-state index contributed by atoms with van der Waals surface area (Å²) in [4.78, 5) is 25.9. The molecule has 4 rings (SSSR count). The topological polar surface area (TPSA) is 90.8 Å². The molecular formula is C21H22N4O4. The predicted molar refractivity (Wildman–Crippen MR) is 108 cm³/mol. The van der Waals surface area contributed by atoms with Crippen molar-refractivity contribution in [2.45, 2.75) is 32.9 Å². The Morgan fingerprint density at radius 1 is 1.24 bits per heavy atom. The Bertz CT molecular complexity index is 1230. The molecule has 1 amide bonds. The number of amides is 1. The van der Waals surface area contributed by atoms with Crippen LogP contribution in [0.15, 0.2) is 51.9 Å². The minimum Gasteiger partial charge on any atom is -0.497 e. The van der Waals surface area contributed by atoms with Crippen LogP contribution in [0.4, 0.5) is 0 Å². The van der Waals surface area contributed by atoms with Gasteiger partial charge in [0.2, 0.25) is 5.91 Å². The zero-order chi connectivity index (χ0) is 20.5. The van der Waals surface area contributed by atoms with Crippen LogP contribution >= 0.6 is 0 Å². The normalized spacial score (nSPS) is 12.4. The van der Waals surface area contributed by atoms with Gasteiger partial charge >= 0.3 is 0 Å². The number of aromatic nitrogens is 3. The molecule has 0 aliphatic carbocycles. The molecular weight excluding hydrogens is 372 g/mol. The number of fused-ring (bicyclic) bond motifs is 3. The van der Waals surface area contributed by atoms with E-state index in [2.05, 4.69) is 10.4 Å². The van der Waals surface area contributed by atoms with Crippen LogP contribution in [-0.4, -0.2) is 27.2 Å². The quantitative estimate of drug-likeness (QED) is 0.543. The third-order valence-electron chi connectivity index (χ3n) is 5.04. The van der Waals surface area contributed by atoms with Crippen molar-refractivity contribution in [1.29, 1.82) is 0 Å². The number of benzene rings is 1. The van der Waals surface area contributed by atoms with Gasteiger partial charge in [-0.2, -0.15) is 5.10 Å². The number of aryl methyl sites for hydroxylation is 1. The molecule has 0 spiro atoms. The van der Waals surface area contributed by atoms with Crippen molar-refractivity contribution >= 4 is 22.5 Å². The molecule has 1 N–H and O–H groups in total. The third kappa shape index (κ3) is 3.26. The van der Waals surface area contributed by atoms with E-state index < -0.39 is 6.04 Å². The Balaban J connectivity index is 1.62. The molecule has 8 nitrogen and oxygen atoms in total. The first-order valence-corrected chi connectivity index (χ1v) is 9.42. The van der Waals surface area contributed by atoms with Gasteiger partial charge in [0.25, 0.3) is 5.56 Å². The van der Waals surface area contributed by atoms with E-state index in [0.717, 1.165) is 16.8 Å². The first-order chi connectivity index (χ1) is 14.0. The van der Waals surface area contributed by atoms with E-state index in [4.69, 9.17) is 9.15 Å². The van der Waals surface area contributed by atoms with Crippen LogP contribution in [0.1, 0.15) is 30.8 Å². The molecule has 0 unspecified atom stereocenters. The smallest absolute Gasteiger partial charge is 0.291 e. The average Bonchev–Trinajstić information content (AvgIpc) is 3.32. The van der Waals surface area contributed by atoms with Crippen molar-refractivity contribution in [2.75, 3.05) is 7.11 Å². The molecule has 1 atom stereocenters. The number of ether oxygens (including phenoxy) is 1. The molecule has 0 aliphatic heterocycles. The maximum absolute atomic E-state index is 13.0. The zero-order valence-corrected chi connectivity index (χ0v) is 16.5. The van der Waals surface area contributed by atoms with Gasteiger partial charge in [0.1, 0.15) is 23.1 Å². The van der Waals surface area contributed by atoms with Gasteiger partial charge in [-0.1, -0.05) is 19.1 Å². The Labute approximate surface area is 166 Å². The van der Waals surface area contributed by atoms with Crippen LogP contribution in [0.25, 0.3) is 16.6 Å². The SMILES string of the molecule is CC[C@H](C(=O)NCc1ccc(OC)cc1)n1nc(C)n2c(cc3occc32)c1=O. The first-order valence-electron chi connectivity index (χ1n) is 9.42. The fraction of sp³-hybridized carbons (Fsp3) is 0.286. The van der Waals surface area contributed by atoms with Gasteiger partial charge in [0.15, 0.2) is 5.58 Å². The maximum Gasteiger partial charge on any atom is 0.291 e. The van der Waals surface area contributed by atoms with Gasteiger partial charge in [0, 0.05) is 18.7 Å². The number of hydrogen-bond donors (Lipinski definition) is 1. The highest BCUT2D eigenvalue weighted by Crippen LogP contribution is 2.21. The molecule has 0 radical (unpaired) electrons. The molecule has 150 valence electrons. The van der Waals surface area contributed by atoms with E-state index in [1.807, 2.05) is 31.2 Å². The molecule has 0 fully saturated rings. The van der Waals surface area contributed by atoms with Gasteiger partial charge in [-0.3, -0.25) is 14.0 Å².